The fourth-order valence-electron chi connectivity index (χ4n) is 1.29. The highest BCUT2D eigenvalue weighted by Crippen LogP contribution is 2.21. The molecule has 0 aromatic rings. The van der Waals surface area contributed by atoms with Crippen LogP contribution < -0.4 is 0 Å². The molecule has 6 heteroatoms. The predicted molar refractivity (Wildman–Crippen MR) is 45.3 cm³/mol. The van der Waals surface area contributed by atoms with Gasteiger partial charge in [0.2, 0.25) is 0 Å². The largest absolute Gasteiger partial charge is 0.479 e. The molecule has 1 rings (SSSR count). The molecule has 0 saturated carbocycles. The maximum absolute atomic E-state index is 11.4. The van der Waals surface area contributed by atoms with E-state index in [1.54, 1.807) is 0 Å². The number of hydrogen-bond acceptors (Lipinski definition) is 4. The molecule has 0 aromatic carbocycles. The molecule has 1 saturated heterocycles. The van der Waals surface area contributed by atoms with Crippen LogP contribution in [0, 0.1) is 0 Å². The molecule has 1 aliphatic rings. The summed E-state index contributed by atoms with van der Waals surface area (Å²) in [4.78, 5) is 26.6. The van der Waals surface area contributed by atoms with Crippen LogP contribution in [-0.4, -0.2) is 48.4 Å². The Morgan fingerprint density at radius 1 is 1.43 bits per heavy atom. The number of carbonyl (C=O) groups is 2. The molecule has 2 atom stereocenters. The average Bonchev–Trinajstić information content (AvgIpc) is 2.64. The van der Waals surface area contributed by atoms with Crippen LogP contribution in [0.1, 0.15) is 12.8 Å². The third-order valence-corrected chi connectivity index (χ3v) is 2.15. The molecular formula is C8H13NO5. The van der Waals surface area contributed by atoms with Gasteiger partial charge in [-0.25, -0.2) is 9.86 Å². The molecule has 0 aliphatic carbocycles. The second-order valence-electron chi connectivity index (χ2n) is 3.05. The van der Waals surface area contributed by atoms with Gasteiger partial charge in [0.15, 0.2) is 6.10 Å². The van der Waals surface area contributed by atoms with Gasteiger partial charge in [0, 0.05) is 7.05 Å². The van der Waals surface area contributed by atoms with Crippen LogP contribution in [0.15, 0.2) is 0 Å². The van der Waals surface area contributed by atoms with E-state index in [-0.39, 0.29) is 5.91 Å². The summed E-state index contributed by atoms with van der Waals surface area (Å²) in [5.41, 5.74) is 0. The summed E-state index contributed by atoms with van der Waals surface area (Å²) in [5.74, 6) is -1.38. The number of likely N-dealkylation sites (N-methyl/N-ethyl adjacent to an activating group) is 1. The van der Waals surface area contributed by atoms with Crippen LogP contribution >= 0.6 is 0 Å². The molecule has 14 heavy (non-hydrogen) atoms. The minimum atomic E-state index is -1.03. The molecule has 0 radical (unpaired) electrons. The lowest BCUT2D eigenvalue weighted by atomic mass is 10.2. The Bertz CT molecular complexity index is 242. The topological polar surface area (TPSA) is 76.1 Å². The van der Waals surface area contributed by atoms with Crippen LogP contribution in [0.25, 0.3) is 0 Å². The number of hydroxylamine groups is 2. The lowest BCUT2D eigenvalue weighted by molar-refractivity contribution is -0.181. The van der Waals surface area contributed by atoms with Crippen molar-refractivity contribution in [2.75, 3.05) is 14.2 Å². The zero-order chi connectivity index (χ0) is 10.7. The van der Waals surface area contributed by atoms with Crippen LogP contribution in [0.3, 0.4) is 0 Å². The minimum Gasteiger partial charge on any atom is -0.479 e. The van der Waals surface area contributed by atoms with E-state index >= 15 is 0 Å². The molecule has 1 aliphatic heterocycles. The average molecular weight is 203 g/mol. The molecule has 0 aromatic heterocycles. The van der Waals surface area contributed by atoms with E-state index in [0.29, 0.717) is 12.8 Å². The van der Waals surface area contributed by atoms with E-state index in [1.807, 2.05) is 0 Å². The summed E-state index contributed by atoms with van der Waals surface area (Å²) in [6.45, 7) is 0. The number of ether oxygens (including phenoxy) is 1. The summed E-state index contributed by atoms with van der Waals surface area (Å²) in [5, 5.41) is 9.66. The van der Waals surface area contributed by atoms with Crippen LogP contribution in [0.2, 0.25) is 0 Å². The highest BCUT2D eigenvalue weighted by atomic mass is 16.7. The number of hydrogen-bond donors (Lipinski definition) is 1. The number of rotatable bonds is 3. The van der Waals surface area contributed by atoms with E-state index in [0.717, 1.165) is 5.06 Å². The van der Waals surface area contributed by atoms with E-state index in [1.165, 1.54) is 14.2 Å². The lowest BCUT2D eigenvalue weighted by Gasteiger charge is -2.17. The molecule has 0 spiro atoms. The first kappa shape index (κ1) is 10.9. The number of carboxylic acid groups (broad SMARTS) is 1. The Morgan fingerprint density at radius 2 is 2.00 bits per heavy atom. The van der Waals surface area contributed by atoms with Crippen molar-refractivity contribution < 1.29 is 24.3 Å². The van der Waals surface area contributed by atoms with Gasteiger partial charge in [-0.2, -0.15) is 0 Å². The third-order valence-electron chi connectivity index (χ3n) is 2.15. The van der Waals surface area contributed by atoms with Gasteiger partial charge in [-0.3, -0.25) is 9.63 Å². The van der Waals surface area contributed by atoms with Crippen molar-refractivity contribution in [1.29, 1.82) is 0 Å². The molecule has 6 nitrogen and oxygen atoms in total. The number of carbonyl (C=O) groups excluding carboxylic acids is 1. The zero-order valence-corrected chi connectivity index (χ0v) is 8.10. The van der Waals surface area contributed by atoms with Crippen molar-refractivity contribution in [1.82, 2.24) is 5.06 Å². The summed E-state index contributed by atoms with van der Waals surface area (Å²) in [6.07, 6.45) is -0.775. The van der Waals surface area contributed by atoms with Gasteiger partial charge in [0.25, 0.3) is 5.91 Å². The quantitative estimate of drug-likeness (QED) is 0.634. The molecule has 2 unspecified atom stereocenters. The zero-order valence-electron chi connectivity index (χ0n) is 8.10. The molecule has 1 amide bonds. The Kier molecular flexibility index (Phi) is 3.43. The first-order valence-electron chi connectivity index (χ1n) is 4.26. The molecule has 80 valence electrons. The monoisotopic (exact) mass is 203 g/mol. The summed E-state index contributed by atoms with van der Waals surface area (Å²) < 4.78 is 5.04. The normalized spacial score (nSPS) is 26.1. The van der Waals surface area contributed by atoms with Gasteiger partial charge in [0.05, 0.1) is 7.11 Å². The Balaban J connectivity index is 2.49. The van der Waals surface area contributed by atoms with E-state index in [2.05, 4.69) is 4.84 Å². The standard InChI is InChI=1S/C8H13NO5/c1-9(13-2)7(10)5-3-4-6(14-5)8(11)12/h5-6H,3-4H2,1-2H3,(H,11,12). The van der Waals surface area contributed by atoms with Crippen molar-refractivity contribution in [3.63, 3.8) is 0 Å². The highest BCUT2D eigenvalue weighted by molar-refractivity contribution is 5.81. The van der Waals surface area contributed by atoms with Crippen LogP contribution in [-0.2, 0) is 19.2 Å². The van der Waals surface area contributed by atoms with Crippen molar-refractivity contribution in [3.8, 4) is 0 Å². The lowest BCUT2D eigenvalue weighted by Crippen LogP contribution is -2.36. The number of nitrogens with zero attached hydrogens (tertiary/aromatic N) is 1. The summed E-state index contributed by atoms with van der Waals surface area (Å²) in [6, 6.07) is 0. The van der Waals surface area contributed by atoms with Crippen molar-refractivity contribution in [3.05, 3.63) is 0 Å². The summed E-state index contributed by atoms with van der Waals surface area (Å²) in [7, 11) is 2.82. The maximum atomic E-state index is 11.4. The van der Waals surface area contributed by atoms with E-state index in [9.17, 15) is 9.59 Å². The fraction of sp³-hybridized carbons (Fsp3) is 0.750. The Morgan fingerprint density at radius 3 is 2.43 bits per heavy atom. The van der Waals surface area contributed by atoms with Gasteiger partial charge in [-0.05, 0) is 12.8 Å². The van der Waals surface area contributed by atoms with Crippen molar-refractivity contribution in [2.24, 2.45) is 0 Å². The van der Waals surface area contributed by atoms with Crippen molar-refractivity contribution >= 4 is 11.9 Å². The van der Waals surface area contributed by atoms with Gasteiger partial charge in [0.1, 0.15) is 6.10 Å². The Labute approximate surface area is 81.3 Å². The SMILES string of the molecule is CON(C)C(=O)C1CCC(C(=O)O)O1. The van der Waals surface area contributed by atoms with Gasteiger partial charge in [-0.15, -0.1) is 0 Å². The maximum Gasteiger partial charge on any atom is 0.332 e. The number of aliphatic carboxylic acids is 1. The molecule has 1 heterocycles. The molecule has 0 bridgehead atoms. The van der Waals surface area contributed by atoms with Crippen molar-refractivity contribution in [2.45, 2.75) is 25.0 Å². The second kappa shape index (κ2) is 4.39. The van der Waals surface area contributed by atoms with E-state index < -0.39 is 18.2 Å². The highest BCUT2D eigenvalue weighted by Gasteiger charge is 2.36. The van der Waals surface area contributed by atoms with Crippen LogP contribution in [0.5, 0.6) is 0 Å². The fourth-order valence-corrected chi connectivity index (χ4v) is 1.29. The van der Waals surface area contributed by atoms with Gasteiger partial charge < -0.3 is 9.84 Å². The predicted octanol–water partition coefficient (Wildman–Crippen LogP) is -0.362. The molecule has 1 fully saturated rings. The van der Waals surface area contributed by atoms with E-state index in [4.69, 9.17) is 9.84 Å². The van der Waals surface area contributed by atoms with Gasteiger partial charge in [-0.1, -0.05) is 0 Å². The number of carboxylic acids is 1. The second-order valence-corrected chi connectivity index (χ2v) is 3.05. The summed E-state index contributed by atoms with van der Waals surface area (Å²) >= 11 is 0. The first-order chi connectivity index (χ1) is 6.56. The Hall–Kier alpha value is -1.14. The molecule has 1 N–H and O–H groups in total. The van der Waals surface area contributed by atoms with Crippen LogP contribution in [0.4, 0.5) is 0 Å². The third kappa shape index (κ3) is 2.21. The smallest absolute Gasteiger partial charge is 0.332 e. The van der Waals surface area contributed by atoms with Gasteiger partial charge >= 0.3 is 5.97 Å². The minimum absolute atomic E-state index is 0.351. The first-order valence-corrected chi connectivity index (χ1v) is 4.26. The number of amides is 1. The molecular weight excluding hydrogens is 190 g/mol.